The third-order valence-corrected chi connectivity index (χ3v) is 6.81. The second kappa shape index (κ2) is 10.0. The molecule has 0 aliphatic carbocycles. The first kappa shape index (κ1) is 26.2. The highest BCUT2D eigenvalue weighted by Crippen LogP contribution is 2.27. The number of H-pyrrole nitrogens is 1. The van der Waals surface area contributed by atoms with E-state index in [1.807, 2.05) is 30.9 Å². The van der Waals surface area contributed by atoms with Crippen molar-refractivity contribution in [3.63, 3.8) is 0 Å². The zero-order chi connectivity index (χ0) is 27.9. The zero-order valence-electron chi connectivity index (χ0n) is 23.1. The Balaban J connectivity index is 1.34. The van der Waals surface area contributed by atoms with E-state index < -0.39 is 0 Å². The molecule has 1 fully saturated rings. The van der Waals surface area contributed by atoms with Crippen LogP contribution in [-0.2, 0) is 5.41 Å². The second-order valence-electron chi connectivity index (χ2n) is 11.1. The number of carbonyl (C=O) groups is 1. The predicted octanol–water partition coefficient (Wildman–Crippen LogP) is 3.02. The number of nitrogens with zero attached hydrogens (tertiary/aromatic N) is 7. The van der Waals surface area contributed by atoms with E-state index in [0.717, 1.165) is 16.8 Å². The van der Waals surface area contributed by atoms with E-state index in [-0.39, 0.29) is 29.1 Å². The Morgan fingerprint density at radius 1 is 1.21 bits per heavy atom. The summed E-state index contributed by atoms with van der Waals surface area (Å²) in [4.78, 5) is 37.5. The summed E-state index contributed by atoms with van der Waals surface area (Å²) in [6.07, 6.45) is 5.80. The van der Waals surface area contributed by atoms with Crippen LogP contribution in [0.4, 0.5) is 22.2 Å². The molecule has 1 unspecified atom stereocenters. The highest BCUT2D eigenvalue weighted by molar-refractivity contribution is 5.89. The molecule has 1 aliphatic heterocycles. The summed E-state index contributed by atoms with van der Waals surface area (Å²) in [5, 5.41) is 21.2. The normalized spacial score (nSPS) is 15.8. The molecule has 0 spiro atoms. The molecule has 4 aromatic heterocycles. The Labute approximate surface area is 226 Å². The minimum absolute atomic E-state index is 0.0834. The van der Waals surface area contributed by atoms with Crippen molar-refractivity contribution in [3.05, 3.63) is 46.8 Å². The van der Waals surface area contributed by atoms with Crippen LogP contribution in [0.15, 0.2) is 35.5 Å². The SMILES string of the molecule is CNc1ncc2cc(N3CCC(NC(=O)Nc4cc(C(C)(C)C)nn4-c4cn[nH]c4)C3)c(=O)n(C(C)C)c2n1. The first-order chi connectivity index (χ1) is 18.5. The Kier molecular flexibility index (Phi) is 6.74. The van der Waals surface area contributed by atoms with Gasteiger partial charge in [-0.3, -0.25) is 19.8 Å². The summed E-state index contributed by atoms with van der Waals surface area (Å²) in [6, 6.07) is 3.16. The van der Waals surface area contributed by atoms with Gasteiger partial charge >= 0.3 is 6.03 Å². The van der Waals surface area contributed by atoms with Gasteiger partial charge in [-0.15, -0.1) is 0 Å². The van der Waals surface area contributed by atoms with Gasteiger partial charge in [-0.2, -0.15) is 15.2 Å². The summed E-state index contributed by atoms with van der Waals surface area (Å²) in [6.45, 7) is 11.3. The van der Waals surface area contributed by atoms with Gasteiger partial charge in [-0.1, -0.05) is 20.8 Å². The number of aromatic nitrogens is 7. The number of hydrogen-bond acceptors (Lipinski definition) is 8. The molecule has 0 aromatic carbocycles. The maximum atomic E-state index is 13.5. The van der Waals surface area contributed by atoms with Crippen LogP contribution in [0.2, 0.25) is 0 Å². The quantitative estimate of drug-likeness (QED) is 0.295. The van der Waals surface area contributed by atoms with Crippen LogP contribution in [-0.4, -0.2) is 66.7 Å². The van der Waals surface area contributed by atoms with Gasteiger partial charge in [0.1, 0.15) is 22.8 Å². The summed E-state index contributed by atoms with van der Waals surface area (Å²) in [5.41, 5.74) is 2.42. The zero-order valence-corrected chi connectivity index (χ0v) is 23.1. The number of fused-ring (bicyclic) bond motifs is 1. The summed E-state index contributed by atoms with van der Waals surface area (Å²) in [5.74, 6) is 1.01. The Morgan fingerprint density at radius 2 is 2.00 bits per heavy atom. The number of pyridine rings is 1. The van der Waals surface area contributed by atoms with E-state index in [9.17, 15) is 9.59 Å². The number of nitrogens with one attached hydrogen (secondary N) is 4. The van der Waals surface area contributed by atoms with Crippen molar-refractivity contribution in [1.29, 1.82) is 0 Å². The minimum Gasteiger partial charge on any atom is -0.365 e. The molecule has 0 radical (unpaired) electrons. The molecule has 5 heterocycles. The molecule has 206 valence electrons. The number of anilines is 3. The van der Waals surface area contributed by atoms with Crippen molar-refractivity contribution >= 4 is 34.5 Å². The Bertz CT molecular complexity index is 1550. The molecule has 5 rings (SSSR count). The lowest BCUT2D eigenvalue weighted by Crippen LogP contribution is -2.41. The van der Waals surface area contributed by atoms with Gasteiger partial charge in [0.2, 0.25) is 5.95 Å². The first-order valence-corrected chi connectivity index (χ1v) is 13.1. The van der Waals surface area contributed by atoms with E-state index in [0.29, 0.717) is 42.6 Å². The lowest BCUT2D eigenvalue weighted by Gasteiger charge is -2.22. The van der Waals surface area contributed by atoms with Crippen LogP contribution in [0.3, 0.4) is 0 Å². The number of urea groups is 1. The number of rotatable bonds is 6. The lowest BCUT2D eigenvalue weighted by atomic mass is 9.92. The topological polar surface area (TPSA) is 151 Å². The number of aromatic amines is 1. The molecule has 1 atom stereocenters. The molecule has 39 heavy (non-hydrogen) atoms. The first-order valence-electron chi connectivity index (χ1n) is 13.1. The standard InChI is InChI=1S/C26H35N11O2/c1-15(2)36-22-16(11-28-24(27-6)33-22)9-19(23(36)38)35-8-7-17(14-35)31-25(39)32-21-10-20(26(3,4)5)34-37(21)18-12-29-30-13-18/h9-13,15,17H,7-8,14H2,1-6H3,(H,29,30)(H,27,28,33)(H2,31,32,39). The molecule has 2 amide bonds. The number of hydrogen-bond donors (Lipinski definition) is 4. The van der Waals surface area contributed by atoms with Gasteiger partial charge in [-0.25, -0.2) is 14.5 Å². The smallest absolute Gasteiger partial charge is 0.320 e. The van der Waals surface area contributed by atoms with Gasteiger partial charge in [0, 0.05) is 61.5 Å². The van der Waals surface area contributed by atoms with Gasteiger partial charge in [-0.05, 0) is 26.3 Å². The van der Waals surface area contributed by atoms with Gasteiger partial charge in [0.15, 0.2) is 0 Å². The van der Waals surface area contributed by atoms with Gasteiger partial charge in [0.05, 0.1) is 11.9 Å². The van der Waals surface area contributed by atoms with Crippen LogP contribution >= 0.6 is 0 Å². The predicted molar refractivity (Wildman–Crippen MR) is 151 cm³/mol. The van der Waals surface area contributed by atoms with E-state index in [1.54, 1.807) is 34.9 Å². The highest BCUT2D eigenvalue weighted by atomic mass is 16.2. The number of carbonyl (C=O) groups excluding carboxylic acids is 1. The fourth-order valence-corrected chi connectivity index (χ4v) is 4.76. The van der Waals surface area contributed by atoms with Crippen molar-refractivity contribution in [2.24, 2.45) is 0 Å². The van der Waals surface area contributed by atoms with Crippen molar-refractivity contribution in [2.45, 2.75) is 58.5 Å². The summed E-state index contributed by atoms with van der Waals surface area (Å²) in [7, 11) is 1.75. The summed E-state index contributed by atoms with van der Waals surface area (Å²) < 4.78 is 3.36. The van der Waals surface area contributed by atoms with Crippen LogP contribution in [0.5, 0.6) is 0 Å². The Hall–Kier alpha value is -4.42. The van der Waals surface area contributed by atoms with Gasteiger partial charge < -0.3 is 15.5 Å². The van der Waals surface area contributed by atoms with Crippen molar-refractivity contribution in [2.75, 3.05) is 35.7 Å². The minimum atomic E-state index is -0.335. The third-order valence-electron chi connectivity index (χ3n) is 6.81. The average molecular weight is 534 g/mol. The molecule has 0 bridgehead atoms. The third kappa shape index (κ3) is 5.16. The molecular formula is C26H35N11O2. The van der Waals surface area contributed by atoms with Crippen LogP contribution in [0.25, 0.3) is 16.7 Å². The van der Waals surface area contributed by atoms with E-state index in [2.05, 4.69) is 62.0 Å². The van der Waals surface area contributed by atoms with Crippen molar-refractivity contribution in [3.8, 4) is 5.69 Å². The molecule has 4 N–H and O–H groups in total. The molecular weight excluding hydrogens is 498 g/mol. The fourth-order valence-electron chi connectivity index (χ4n) is 4.76. The summed E-state index contributed by atoms with van der Waals surface area (Å²) >= 11 is 0. The van der Waals surface area contributed by atoms with E-state index >= 15 is 0 Å². The molecule has 0 saturated carbocycles. The average Bonchev–Trinajstić information content (AvgIpc) is 3.64. The number of amides is 2. The van der Waals surface area contributed by atoms with E-state index in [1.165, 1.54) is 0 Å². The maximum absolute atomic E-state index is 13.5. The van der Waals surface area contributed by atoms with Crippen molar-refractivity contribution < 1.29 is 4.79 Å². The molecule has 4 aromatic rings. The lowest BCUT2D eigenvalue weighted by molar-refractivity contribution is 0.249. The molecule has 1 aliphatic rings. The Morgan fingerprint density at radius 3 is 2.67 bits per heavy atom. The van der Waals surface area contributed by atoms with Crippen LogP contribution in [0.1, 0.15) is 52.8 Å². The van der Waals surface area contributed by atoms with Crippen molar-refractivity contribution in [1.82, 2.24) is 39.8 Å². The molecule has 13 heteroatoms. The maximum Gasteiger partial charge on any atom is 0.320 e. The van der Waals surface area contributed by atoms with Crippen LogP contribution in [0, 0.1) is 0 Å². The van der Waals surface area contributed by atoms with Crippen LogP contribution < -0.4 is 26.4 Å². The largest absolute Gasteiger partial charge is 0.365 e. The van der Waals surface area contributed by atoms with E-state index in [4.69, 9.17) is 0 Å². The van der Waals surface area contributed by atoms with Gasteiger partial charge in [0.25, 0.3) is 5.56 Å². The molecule has 13 nitrogen and oxygen atoms in total. The second-order valence-corrected chi connectivity index (χ2v) is 11.1. The monoisotopic (exact) mass is 533 g/mol. The molecule has 1 saturated heterocycles. The highest BCUT2D eigenvalue weighted by Gasteiger charge is 2.28. The fraction of sp³-hybridized carbons (Fsp3) is 0.462.